The minimum Gasteiger partial charge on any atom is -0.439 e. The second-order valence-electron chi connectivity index (χ2n) is 5.52. The lowest BCUT2D eigenvalue weighted by Crippen LogP contribution is -2.11. The van der Waals surface area contributed by atoms with Crippen LogP contribution in [0.15, 0.2) is 66.9 Å². The quantitative estimate of drug-likeness (QED) is 0.546. The summed E-state index contributed by atoms with van der Waals surface area (Å²) in [4.78, 5) is 26.6. The van der Waals surface area contributed by atoms with E-state index in [2.05, 4.69) is 10.3 Å². The highest BCUT2D eigenvalue weighted by Crippen LogP contribution is 2.25. The molecular weight excluding hydrogens is 334 g/mol. The normalized spacial score (nSPS) is 10.2. The van der Waals surface area contributed by atoms with Crippen LogP contribution in [0.5, 0.6) is 11.6 Å². The minimum atomic E-state index is -0.499. The lowest BCUT2D eigenvalue weighted by molar-refractivity contribution is -0.385. The van der Waals surface area contributed by atoms with Crippen LogP contribution in [-0.4, -0.2) is 15.8 Å². The first-order valence-corrected chi connectivity index (χ1v) is 7.78. The summed E-state index contributed by atoms with van der Waals surface area (Å²) in [5.41, 5.74) is 1.48. The third-order valence-electron chi connectivity index (χ3n) is 3.61. The van der Waals surface area contributed by atoms with Gasteiger partial charge in [0.25, 0.3) is 11.6 Å². The van der Waals surface area contributed by atoms with E-state index >= 15 is 0 Å². The van der Waals surface area contributed by atoms with Crippen LogP contribution in [0.25, 0.3) is 0 Å². The van der Waals surface area contributed by atoms with Crippen LogP contribution in [0.1, 0.15) is 15.9 Å². The number of anilines is 1. The molecule has 26 heavy (non-hydrogen) atoms. The number of ether oxygens (including phenoxy) is 1. The summed E-state index contributed by atoms with van der Waals surface area (Å²) in [5.74, 6) is 0.356. The Morgan fingerprint density at radius 3 is 2.58 bits per heavy atom. The summed E-state index contributed by atoms with van der Waals surface area (Å²) in [5, 5.41) is 13.6. The van der Waals surface area contributed by atoms with Gasteiger partial charge in [0, 0.05) is 22.9 Å². The molecule has 1 aromatic heterocycles. The Bertz CT molecular complexity index is 958. The Hall–Kier alpha value is -3.74. The zero-order valence-electron chi connectivity index (χ0n) is 13.9. The molecular formula is C19H15N3O4. The number of pyridine rings is 1. The van der Waals surface area contributed by atoms with Gasteiger partial charge >= 0.3 is 0 Å². The van der Waals surface area contributed by atoms with Crippen LogP contribution >= 0.6 is 0 Å². The van der Waals surface area contributed by atoms with Crippen molar-refractivity contribution in [2.45, 2.75) is 6.92 Å². The zero-order valence-corrected chi connectivity index (χ0v) is 13.9. The molecule has 7 nitrogen and oxygen atoms in total. The molecule has 0 aliphatic carbocycles. The molecule has 0 atom stereocenters. The fourth-order valence-corrected chi connectivity index (χ4v) is 2.32. The molecule has 1 amide bonds. The second-order valence-corrected chi connectivity index (χ2v) is 5.52. The maximum absolute atomic E-state index is 12.3. The molecule has 0 bridgehead atoms. The third kappa shape index (κ3) is 4.02. The molecule has 1 N–H and O–H groups in total. The fourth-order valence-electron chi connectivity index (χ4n) is 2.32. The van der Waals surface area contributed by atoms with Gasteiger partial charge in [-0.25, -0.2) is 4.98 Å². The topological polar surface area (TPSA) is 94.4 Å². The summed E-state index contributed by atoms with van der Waals surface area (Å²) < 4.78 is 5.62. The molecule has 1 heterocycles. The summed E-state index contributed by atoms with van der Waals surface area (Å²) in [7, 11) is 0. The highest BCUT2D eigenvalue weighted by molar-refractivity contribution is 6.04. The fraction of sp³-hybridized carbons (Fsp3) is 0.0526. The third-order valence-corrected chi connectivity index (χ3v) is 3.61. The van der Waals surface area contributed by atoms with Crippen molar-refractivity contribution in [3.05, 3.63) is 88.1 Å². The van der Waals surface area contributed by atoms with Gasteiger partial charge < -0.3 is 10.1 Å². The molecule has 0 unspecified atom stereocenters. The van der Waals surface area contributed by atoms with Gasteiger partial charge in [0.05, 0.1) is 4.92 Å². The van der Waals surface area contributed by atoms with E-state index in [4.69, 9.17) is 4.74 Å². The first-order chi connectivity index (χ1) is 12.5. The number of para-hydroxylation sites is 1. The number of hydrogen-bond donors (Lipinski definition) is 1. The molecule has 7 heteroatoms. The Morgan fingerprint density at radius 2 is 1.88 bits per heavy atom. The van der Waals surface area contributed by atoms with E-state index in [1.165, 1.54) is 6.07 Å². The summed E-state index contributed by atoms with van der Waals surface area (Å²) in [6.07, 6.45) is 1.15. The molecule has 0 aliphatic rings. The maximum atomic E-state index is 12.3. The van der Waals surface area contributed by atoms with Gasteiger partial charge in [-0.3, -0.25) is 14.9 Å². The lowest BCUT2D eigenvalue weighted by atomic mass is 10.2. The van der Waals surface area contributed by atoms with E-state index in [1.807, 2.05) is 18.2 Å². The number of rotatable bonds is 5. The average Bonchev–Trinajstić information content (AvgIpc) is 2.62. The molecule has 0 saturated heterocycles. The van der Waals surface area contributed by atoms with Crippen LogP contribution in [0.4, 0.5) is 11.4 Å². The number of benzene rings is 2. The number of carbonyl (C=O) groups is 1. The van der Waals surface area contributed by atoms with Crippen LogP contribution in [0.3, 0.4) is 0 Å². The maximum Gasteiger partial charge on any atom is 0.290 e. The zero-order chi connectivity index (χ0) is 18.5. The highest BCUT2D eigenvalue weighted by atomic mass is 16.6. The molecule has 3 aromatic rings. The molecule has 0 spiro atoms. The van der Waals surface area contributed by atoms with Crippen LogP contribution in [0.2, 0.25) is 0 Å². The van der Waals surface area contributed by atoms with E-state index in [9.17, 15) is 14.9 Å². The number of carbonyl (C=O) groups excluding carboxylic acids is 1. The van der Waals surface area contributed by atoms with Crippen molar-refractivity contribution in [1.82, 2.24) is 4.98 Å². The Morgan fingerprint density at radius 1 is 1.12 bits per heavy atom. The van der Waals surface area contributed by atoms with Crippen LogP contribution in [-0.2, 0) is 0 Å². The van der Waals surface area contributed by atoms with Gasteiger partial charge in [0.1, 0.15) is 11.9 Å². The minimum absolute atomic E-state index is 0.0756. The largest absolute Gasteiger partial charge is 0.439 e. The van der Waals surface area contributed by atoms with Crippen molar-refractivity contribution in [3.63, 3.8) is 0 Å². The Balaban J connectivity index is 1.76. The smallest absolute Gasteiger partial charge is 0.290 e. The highest BCUT2D eigenvalue weighted by Gasteiger charge is 2.13. The molecule has 0 saturated carbocycles. The summed E-state index contributed by atoms with van der Waals surface area (Å²) in [6.45, 7) is 1.61. The van der Waals surface area contributed by atoms with E-state index in [0.29, 0.717) is 22.6 Å². The monoisotopic (exact) mass is 349 g/mol. The van der Waals surface area contributed by atoms with E-state index in [1.54, 1.807) is 43.3 Å². The van der Waals surface area contributed by atoms with Crippen molar-refractivity contribution in [1.29, 1.82) is 0 Å². The standard InChI is InChI=1S/C19H15N3O4/c1-13-10-18(20-12-17(13)22(24)25)26-16-9-5-6-14(11-16)19(23)21-15-7-3-2-4-8-15/h2-12H,1H3,(H,21,23). The van der Waals surface area contributed by atoms with Crippen molar-refractivity contribution in [2.24, 2.45) is 0 Å². The van der Waals surface area contributed by atoms with Gasteiger partial charge in [0.2, 0.25) is 5.88 Å². The van der Waals surface area contributed by atoms with Gasteiger partial charge in [-0.15, -0.1) is 0 Å². The second kappa shape index (κ2) is 7.43. The van der Waals surface area contributed by atoms with Crippen molar-refractivity contribution in [3.8, 4) is 11.6 Å². The number of aryl methyl sites for hydroxylation is 1. The number of nitrogens with zero attached hydrogens (tertiary/aromatic N) is 2. The van der Waals surface area contributed by atoms with Gasteiger partial charge in [-0.1, -0.05) is 24.3 Å². The van der Waals surface area contributed by atoms with Crippen molar-refractivity contribution < 1.29 is 14.5 Å². The first kappa shape index (κ1) is 17.1. The van der Waals surface area contributed by atoms with Gasteiger partial charge in [-0.05, 0) is 37.3 Å². The Kier molecular flexibility index (Phi) is 4.89. The lowest BCUT2D eigenvalue weighted by Gasteiger charge is -2.08. The molecule has 2 aromatic carbocycles. The SMILES string of the molecule is Cc1cc(Oc2cccc(C(=O)Nc3ccccc3)c2)ncc1[N+](=O)[O-]. The number of aromatic nitrogens is 1. The van der Waals surface area contributed by atoms with E-state index in [-0.39, 0.29) is 17.5 Å². The number of amides is 1. The molecule has 0 aliphatic heterocycles. The van der Waals surface area contributed by atoms with Gasteiger partial charge in [0.15, 0.2) is 0 Å². The summed E-state index contributed by atoms with van der Waals surface area (Å²) in [6, 6.07) is 17.2. The predicted octanol–water partition coefficient (Wildman–Crippen LogP) is 4.34. The van der Waals surface area contributed by atoms with Crippen LogP contribution in [0, 0.1) is 17.0 Å². The molecule has 0 fully saturated rings. The molecule has 3 rings (SSSR count). The first-order valence-electron chi connectivity index (χ1n) is 7.78. The number of hydrogen-bond acceptors (Lipinski definition) is 5. The van der Waals surface area contributed by atoms with E-state index < -0.39 is 4.92 Å². The number of nitrogens with one attached hydrogen (secondary N) is 1. The predicted molar refractivity (Wildman–Crippen MR) is 96.5 cm³/mol. The van der Waals surface area contributed by atoms with Crippen molar-refractivity contribution >= 4 is 17.3 Å². The summed E-state index contributed by atoms with van der Waals surface area (Å²) >= 11 is 0. The van der Waals surface area contributed by atoms with Crippen LogP contribution < -0.4 is 10.1 Å². The van der Waals surface area contributed by atoms with Gasteiger partial charge in [-0.2, -0.15) is 0 Å². The van der Waals surface area contributed by atoms with Crippen molar-refractivity contribution in [2.75, 3.05) is 5.32 Å². The average molecular weight is 349 g/mol. The molecule has 0 radical (unpaired) electrons. The molecule has 130 valence electrons. The Labute approximate surface area is 149 Å². The number of nitro groups is 1. The van der Waals surface area contributed by atoms with E-state index in [0.717, 1.165) is 6.20 Å².